The Bertz CT molecular complexity index is 339. The highest BCUT2D eigenvalue weighted by molar-refractivity contribution is 5.94. The van der Waals surface area contributed by atoms with Gasteiger partial charge in [0.1, 0.15) is 0 Å². The van der Waals surface area contributed by atoms with Gasteiger partial charge in [-0.25, -0.2) is 4.98 Å². The molecule has 2 N–H and O–H groups in total. The summed E-state index contributed by atoms with van der Waals surface area (Å²) in [5, 5.41) is 11.6. The summed E-state index contributed by atoms with van der Waals surface area (Å²) < 4.78 is 4.89. The molecule has 0 aromatic carbocycles. The predicted octanol–water partition coefficient (Wildman–Crippen LogP) is 0.201. The fourth-order valence-corrected chi connectivity index (χ4v) is 1.00. The van der Waals surface area contributed by atoms with E-state index < -0.39 is 6.10 Å². The number of nitrogens with one attached hydrogen (secondary N) is 1. The molecule has 0 aliphatic rings. The molecule has 1 amide bonds. The number of hydrogen-bond donors (Lipinski definition) is 2. The van der Waals surface area contributed by atoms with Crippen LogP contribution in [-0.4, -0.2) is 35.8 Å². The minimum absolute atomic E-state index is 0.226. The molecule has 82 valence electrons. The summed E-state index contributed by atoms with van der Waals surface area (Å²) in [6, 6.07) is 3.12. The first-order valence-corrected chi connectivity index (χ1v) is 4.60. The quantitative estimate of drug-likeness (QED) is 0.744. The molecule has 0 fully saturated rings. The maximum atomic E-state index is 11.5. The van der Waals surface area contributed by atoms with Gasteiger partial charge in [0.15, 0.2) is 0 Å². The fourth-order valence-electron chi connectivity index (χ4n) is 1.00. The molecule has 1 aromatic heterocycles. The fraction of sp³-hybridized carbons (Fsp3) is 0.400. The Hall–Kier alpha value is -1.62. The van der Waals surface area contributed by atoms with E-state index in [-0.39, 0.29) is 12.5 Å². The first-order valence-electron chi connectivity index (χ1n) is 4.60. The summed E-state index contributed by atoms with van der Waals surface area (Å²) in [4.78, 5) is 15.4. The molecular formula is C10H14N2O3. The molecule has 0 radical (unpaired) electrons. The van der Waals surface area contributed by atoms with Crippen molar-refractivity contribution in [1.82, 2.24) is 10.3 Å². The number of hydrogen-bond acceptors (Lipinski definition) is 4. The number of aromatic nitrogens is 1. The Morgan fingerprint density at radius 1 is 1.73 bits per heavy atom. The number of aliphatic hydroxyl groups excluding tert-OH is 1. The van der Waals surface area contributed by atoms with Crippen LogP contribution in [0.1, 0.15) is 17.3 Å². The number of ether oxygens (including phenoxy) is 1. The van der Waals surface area contributed by atoms with E-state index in [9.17, 15) is 4.79 Å². The molecule has 1 aromatic rings. The third-order valence-electron chi connectivity index (χ3n) is 1.76. The lowest BCUT2D eigenvalue weighted by atomic mass is 10.2. The van der Waals surface area contributed by atoms with Crippen LogP contribution < -0.4 is 10.1 Å². The zero-order valence-corrected chi connectivity index (χ0v) is 8.73. The van der Waals surface area contributed by atoms with Gasteiger partial charge in [-0.1, -0.05) is 0 Å². The Balaban J connectivity index is 2.65. The molecule has 0 saturated heterocycles. The van der Waals surface area contributed by atoms with Crippen molar-refractivity contribution in [3.05, 3.63) is 23.9 Å². The van der Waals surface area contributed by atoms with E-state index in [0.29, 0.717) is 11.4 Å². The predicted molar refractivity (Wildman–Crippen MR) is 54.8 cm³/mol. The van der Waals surface area contributed by atoms with E-state index in [4.69, 9.17) is 9.84 Å². The lowest BCUT2D eigenvalue weighted by Gasteiger charge is -2.07. The average molecular weight is 210 g/mol. The minimum atomic E-state index is -0.558. The Morgan fingerprint density at radius 2 is 2.47 bits per heavy atom. The van der Waals surface area contributed by atoms with E-state index in [0.717, 1.165) is 0 Å². The smallest absolute Gasteiger partial charge is 0.251 e. The summed E-state index contributed by atoms with van der Waals surface area (Å²) in [5.74, 6) is 0.135. The SMILES string of the molecule is COc1cc(C(=O)NCC(C)O)ccn1. The van der Waals surface area contributed by atoms with Gasteiger partial charge in [0, 0.05) is 24.4 Å². The highest BCUT2D eigenvalue weighted by Gasteiger charge is 2.07. The van der Waals surface area contributed by atoms with Crippen LogP contribution in [0.2, 0.25) is 0 Å². The Morgan fingerprint density at radius 3 is 3.07 bits per heavy atom. The van der Waals surface area contributed by atoms with Crippen LogP contribution in [0.5, 0.6) is 5.88 Å². The second kappa shape index (κ2) is 5.31. The second-order valence-electron chi connectivity index (χ2n) is 3.15. The largest absolute Gasteiger partial charge is 0.481 e. The maximum absolute atomic E-state index is 11.5. The van der Waals surface area contributed by atoms with Crippen molar-refractivity contribution in [3.63, 3.8) is 0 Å². The standard InChI is InChI=1S/C10H14N2O3/c1-7(13)6-12-10(14)8-3-4-11-9(5-8)15-2/h3-5,7,13H,6H2,1-2H3,(H,12,14). The zero-order valence-electron chi connectivity index (χ0n) is 8.73. The van der Waals surface area contributed by atoms with Crippen molar-refractivity contribution in [1.29, 1.82) is 0 Å². The van der Waals surface area contributed by atoms with E-state index in [1.54, 1.807) is 13.0 Å². The lowest BCUT2D eigenvalue weighted by molar-refractivity contribution is 0.0923. The minimum Gasteiger partial charge on any atom is -0.481 e. The molecule has 0 aliphatic carbocycles. The molecule has 1 rings (SSSR count). The average Bonchev–Trinajstić information content (AvgIpc) is 2.26. The summed E-state index contributed by atoms with van der Waals surface area (Å²) in [6.07, 6.45) is 0.938. The van der Waals surface area contributed by atoms with E-state index in [2.05, 4.69) is 10.3 Å². The number of carbonyl (C=O) groups excluding carboxylic acids is 1. The van der Waals surface area contributed by atoms with Crippen molar-refractivity contribution in [3.8, 4) is 5.88 Å². The molecule has 1 atom stereocenters. The van der Waals surface area contributed by atoms with Gasteiger partial charge in [-0.3, -0.25) is 4.79 Å². The molecule has 0 bridgehead atoms. The van der Waals surface area contributed by atoms with Gasteiger partial charge in [0.25, 0.3) is 5.91 Å². The van der Waals surface area contributed by atoms with Gasteiger partial charge in [0.05, 0.1) is 13.2 Å². The molecule has 1 heterocycles. The van der Waals surface area contributed by atoms with Crippen LogP contribution in [0.3, 0.4) is 0 Å². The van der Waals surface area contributed by atoms with E-state index >= 15 is 0 Å². The van der Waals surface area contributed by atoms with Crippen LogP contribution in [0.15, 0.2) is 18.3 Å². The van der Waals surface area contributed by atoms with Gasteiger partial charge in [-0.2, -0.15) is 0 Å². The van der Waals surface area contributed by atoms with Crippen molar-refractivity contribution in [2.24, 2.45) is 0 Å². The topological polar surface area (TPSA) is 71.5 Å². The first kappa shape index (κ1) is 11.5. The van der Waals surface area contributed by atoms with Gasteiger partial charge in [-0.15, -0.1) is 0 Å². The maximum Gasteiger partial charge on any atom is 0.251 e. The van der Waals surface area contributed by atoms with Gasteiger partial charge >= 0.3 is 0 Å². The van der Waals surface area contributed by atoms with Crippen molar-refractivity contribution in [2.45, 2.75) is 13.0 Å². The summed E-state index contributed by atoms with van der Waals surface area (Å²) in [7, 11) is 1.49. The number of nitrogens with zero attached hydrogens (tertiary/aromatic N) is 1. The number of pyridine rings is 1. The van der Waals surface area contributed by atoms with Gasteiger partial charge < -0.3 is 15.2 Å². The molecule has 0 saturated carbocycles. The summed E-state index contributed by atoms with van der Waals surface area (Å²) in [5.41, 5.74) is 0.461. The Labute approximate surface area is 88.1 Å². The third-order valence-corrected chi connectivity index (χ3v) is 1.76. The first-order chi connectivity index (χ1) is 7.13. The van der Waals surface area contributed by atoms with Gasteiger partial charge in [-0.05, 0) is 13.0 Å². The monoisotopic (exact) mass is 210 g/mol. The number of rotatable bonds is 4. The molecule has 1 unspecified atom stereocenters. The number of amides is 1. The molecule has 5 heteroatoms. The molecule has 5 nitrogen and oxygen atoms in total. The molecule has 0 spiro atoms. The summed E-state index contributed by atoms with van der Waals surface area (Å²) in [6.45, 7) is 1.83. The van der Waals surface area contributed by atoms with E-state index in [1.807, 2.05) is 0 Å². The summed E-state index contributed by atoms with van der Waals surface area (Å²) >= 11 is 0. The second-order valence-corrected chi connectivity index (χ2v) is 3.15. The normalized spacial score (nSPS) is 11.9. The van der Waals surface area contributed by atoms with Crippen LogP contribution in [-0.2, 0) is 0 Å². The van der Waals surface area contributed by atoms with Crippen molar-refractivity contribution >= 4 is 5.91 Å². The third kappa shape index (κ3) is 3.55. The van der Waals surface area contributed by atoms with Gasteiger partial charge in [0.2, 0.25) is 5.88 Å². The van der Waals surface area contributed by atoms with E-state index in [1.165, 1.54) is 19.4 Å². The number of carbonyl (C=O) groups is 1. The van der Waals surface area contributed by atoms with Crippen LogP contribution in [0, 0.1) is 0 Å². The van der Waals surface area contributed by atoms with Crippen LogP contribution in [0.4, 0.5) is 0 Å². The lowest BCUT2D eigenvalue weighted by Crippen LogP contribution is -2.30. The molecule has 15 heavy (non-hydrogen) atoms. The van der Waals surface area contributed by atoms with Crippen molar-refractivity contribution in [2.75, 3.05) is 13.7 Å². The number of aliphatic hydroxyl groups is 1. The van der Waals surface area contributed by atoms with Crippen molar-refractivity contribution < 1.29 is 14.6 Å². The highest BCUT2D eigenvalue weighted by Crippen LogP contribution is 2.07. The molecular weight excluding hydrogens is 196 g/mol. The number of methoxy groups -OCH3 is 1. The van der Waals surface area contributed by atoms with Crippen LogP contribution in [0.25, 0.3) is 0 Å². The van der Waals surface area contributed by atoms with Crippen LogP contribution >= 0.6 is 0 Å². The highest BCUT2D eigenvalue weighted by atomic mass is 16.5. The molecule has 0 aliphatic heterocycles. The zero-order chi connectivity index (χ0) is 11.3. The Kier molecular flexibility index (Phi) is 4.05.